The predicted octanol–water partition coefficient (Wildman–Crippen LogP) is 1.64. The molecule has 0 aliphatic carbocycles. The van der Waals surface area contributed by atoms with Gasteiger partial charge >= 0.3 is 0 Å². The van der Waals surface area contributed by atoms with Crippen LogP contribution >= 0.6 is 0 Å². The minimum absolute atomic E-state index is 0. The number of rotatable bonds is 1. The fourth-order valence-electron chi connectivity index (χ4n) is 0.545. The van der Waals surface area contributed by atoms with E-state index in [0.717, 1.165) is 12.0 Å². The van der Waals surface area contributed by atoms with Gasteiger partial charge in [-0.3, -0.25) is 0 Å². The average molecular weight is 370 g/mol. The summed E-state index contributed by atoms with van der Waals surface area (Å²) >= 11 is 0. The first-order valence-corrected chi connectivity index (χ1v) is 2.72. The van der Waals surface area contributed by atoms with E-state index >= 15 is 0 Å². The Morgan fingerprint density at radius 1 is 1.09 bits per heavy atom. The maximum atomic E-state index is 3.01. The molecule has 0 amide bonds. The molecule has 0 heterocycles. The summed E-state index contributed by atoms with van der Waals surface area (Å²) in [5.74, 6) is 0. The Balaban J connectivity index is -0.000000213. The van der Waals surface area contributed by atoms with Crippen molar-refractivity contribution in [1.29, 1.82) is 0 Å². The third kappa shape index (κ3) is 8.85. The van der Waals surface area contributed by atoms with Gasteiger partial charge in [0, 0.05) is 98.1 Å². The Bertz CT molecular complexity index is 151. The summed E-state index contributed by atoms with van der Waals surface area (Å²) in [6.45, 7) is 2.09. The second kappa shape index (κ2) is 12.5. The quantitative estimate of drug-likeness (QED) is 0.660. The van der Waals surface area contributed by atoms with Gasteiger partial charge < -0.3 is 35.9 Å². The van der Waals surface area contributed by atoms with Gasteiger partial charge in [-0.2, -0.15) is 0 Å². The molecule has 0 bridgehead atoms. The minimum Gasteiger partial charge on any atom is -0.545 e. The van der Waals surface area contributed by atoms with Gasteiger partial charge in [-0.1, -0.05) is 13.3 Å². The van der Waals surface area contributed by atoms with Crippen LogP contribution in [-0.2, 0) is 105 Å². The molecule has 3 radical (unpaired) electrons. The van der Waals surface area contributed by atoms with Crippen molar-refractivity contribution in [2.75, 3.05) is 0 Å². The molecule has 1 aromatic carbocycles. The number of benzene rings is 1. The Morgan fingerprint density at radius 3 is 1.82 bits per heavy atom. The van der Waals surface area contributed by atoms with E-state index < -0.39 is 0 Å². The van der Waals surface area contributed by atoms with Gasteiger partial charge in [0.15, 0.2) is 0 Å². The van der Waals surface area contributed by atoms with Gasteiger partial charge in [-0.15, -0.1) is 0 Å². The monoisotopic (exact) mass is 370 g/mol. The molecular weight excluding hydrogens is 363 g/mol. The van der Waals surface area contributed by atoms with Gasteiger partial charge in [0.25, 0.3) is 0 Å². The topological polar surface area (TPSA) is 0 Å². The Morgan fingerprint density at radius 2 is 1.55 bits per heavy atom. The van der Waals surface area contributed by atoms with Crippen LogP contribution in [0.3, 0.4) is 0 Å². The van der Waals surface area contributed by atoms with Crippen LogP contribution in [0, 0.1) is 18.2 Å². The van der Waals surface area contributed by atoms with E-state index in [1.54, 1.807) is 12.1 Å². The number of hydrogen-bond acceptors (Lipinski definition) is 0. The molecule has 0 atom stereocenters. The summed E-state index contributed by atoms with van der Waals surface area (Å²) in [5, 5.41) is 0. The zero-order chi connectivity index (χ0) is 5.82. The van der Waals surface area contributed by atoms with E-state index in [9.17, 15) is 0 Å². The molecule has 3 heteroatoms. The summed E-state index contributed by atoms with van der Waals surface area (Å²) in [5.41, 5.74) is 1.13. The van der Waals surface area contributed by atoms with Gasteiger partial charge in [-0.25, -0.2) is 0 Å². The molecule has 0 fully saturated rings. The summed E-state index contributed by atoms with van der Waals surface area (Å²) in [4.78, 5) is 0. The predicted molar refractivity (Wildman–Crippen MR) is 32.3 cm³/mol. The van der Waals surface area contributed by atoms with Crippen LogP contribution in [0.4, 0.5) is 0 Å². The standard InChI is InChI=1S/C8H7.3Y/c1-2-8-6-4-3-5-7-8;;;/h4-5H,2H2,1H3;;;/q-3;;;. The number of aryl methyl sites for hydroxylation is 1. The van der Waals surface area contributed by atoms with Crippen LogP contribution in [0.25, 0.3) is 0 Å². The van der Waals surface area contributed by atoms with Crippen molar-refractivity contribution in [3.8, 4) is 0 Å². The molecule has 11 heavy (non-hydrogen) atoms. The van der Waals surface area contributed by atoms with Gasteiger partial charge in [0.05, 0.1) is 0 Å². The second-order valence-electron chi connectivity index (χ2n) is 1.58. The van der Waals surface area contributed by atoms with Crippen LogP contribution in [0.15, 0.2) is 12.1 Å². The molecule has 51 valence electrons. The molecule has 0 saturated heterocycles. The molecule has 0 aromatic heterocycles. The Kier molecular flexibility index (Phi) is 21.8. The molecule has 0 saturated carbocycles. The molecular formula is C8H7Y3-3. The van der Waals surface area contributed by atoms with Crippen LogP contribution < -0.4 is 0 Å². The molecule has 0 aliphatic rings. The first-order valence-electron chi connectivity index (χ1n) is 2.72. The fourth-order valence-corrected chi connectivity index (χ4v) is 0.545. The Labute approximate surface area is 144 Å². The first kappa shape index (κ1) is 19.2. The molecule has 0 nitrogen and oxygen atoms in total. The first-order chi connectivity index (χ1) is 3.93. The normalized spacial score (nSPS) is 6.64. The maximum Gasteiger partial charge on any atom is 0 e. The Hall–Kier alpha value is 2.53. The summed E-state index contributed by atoms with van der Waals surface area (Å²) < 4.78 is 0. The molecule has 0 aliphatic heterocycles. The molecule has 0 N–H and O–H groups in total. The largest absolute Gasteiger partial charge is 0.545 e. The van der Waals surface area contributed by atoms with Crippen LogP contribution in [0.1, 0.15) is 12.5 Å². The van der Waals surface area contributed by atoms with E-state index in [0.29, 0.717) is 0 Å². The molecule has 1 aromatic rings. The molecule has 0 unspecified atom stereocenters. The van der Waals surface area contributed by atoms with E-state index in [-0.39, 0.29) is 98.1 Å². The van der Waals surface area contributed by atoms with Crippen LogP contribution in [0.2, 0.25) is 0 Å². The fraction of sp³-hybridized carbons (Fsp3) is 0.250. The summed E-state index contributed by atoms with van der Waals surface area (Å²) in [7, 11) is 0. The average Bonchev–Trinajstić information content (AvgIpc) is 1.90. The van der Waals surface area contributed by atoms with Crippen molar-refractivity contribution in [2.45, 2.75) is 13.3 Å². The van der Waals surface area contributed by atoms with E-state index in [2.05, 4.69) is 25.1 Å². The SMILES string of the molecule is CCc1[c-]c[c-]c[c-]1.[Y].[Y].[Y]. The minimum atomic E-state index is 0. The van der Waals surface area contributed by atoms with Crippen molar-refractivity contribution in [1.82, 2.24) is 0 Å². The van der Waals surface area contributed by atoms with E-state index in [1.807, 2.05) is 0 Å². The third-order valence-corrected chi connectivity index (χ3v) is 1.01. The van der Waals surface area contributed by atoms with Crippen molar-refractivity contribution < 1.29 is 98.1 Å². The van der Waals surface area contributed by atoms with Gasteiger partial charge in [0.1, 0.15) is 0 Å². The van der Waals surface area contributed by atoms with Crippen molar-refractivity contribution in [3.63, 3.8) is 0 Å². The maximum absolute atomic E-state index is 3.01. The van der Waals surface area contributed by atoms with Crippen molar-refractivity contribution >= 4 is 0 Å². The molecule has 1 rings (SSSR count). The summed E-state index contributed by atoms with van der Waals surface area (Å²) in [6.07, 6.45) is 1.01. The second-order valence-corrected chi connectivity index (χ2v) is 1.58. The number of hydrogen-bond donors (Lipinski definition) is 0. The van der Waals surface area contributed by atoms with Crippen molar-refractivity contribution in [3.05, 3.63) is 35.9 Å². The summed E-state index contributed by atoms with van der Waals surface area (Å²) in [6, 6.07) is 12.4. The van der Waals surface area contributed by atoms with E-state index in [4.69, 9.17) is 0 Å². The van der Waals surface area contributed by atoms with Crippen LogP contribution in [0.5, 0.6) is 0 Å². The third-order valence-electron chi connectivity index (χ3n) is 1.01. The zero-order valence-electron chi connectivity index (χ0n) is 6.59. The van der Waals surface area contributed by atoms with Crippen LogP contribution in [-0.4, -0.2) is 0 Å². The van der Waals surface area contributed by atoms with Crippen molar-refractivity contribution in [2.24, 2.45) is 0 Å². The molecule has 0 spiro atoms. The zero-order valence-corrected chi connectivity index (χ0v) is 15.1. The van der Waals surface area contributed by atoms with Gasteiger partial charge in [-0.05, 0) is 0 Å². The van der Waals surface area contributed by atoms with E-state index in [1.165, 1.54) is 0 Å². The smallest absolute Gasteiger partial charge is 0 e. The van der Waals surface area contributed by atoms with Gasteiger partial charge in [0.2, 0.25) is 0 Å².